The third-order valence-electron chi connectivity index (χ3n) is 3.89. The first-order valence-electron chi connectivity index (χ1n) is 8.50. The highest BCUT2D eigenvalue weighted by molar-refractivity contribution is 7.12. The number of hydrogen-bond acceptors (Lipinski definition) is 7. The Morgan fingerprint density at radius 3 is 3.04 bits per heavy atom. The van der Waals surface area contributed by atoms with Gasteiger partial charge in [-0.05, 0) is 30.5 Å². The Morgan fingerprint density at radius 1 is 1.29 bits per heavy atom. The van der Waals surface area contributed by atoms with Crippen LogP contribution in [0.15, 0.2) is 59.3 Å². The van der Waals surface area contributed by atoms with Crippen molar-refractivity contribution < 1.29 is 9.63 Å². The Morgan fingerprint density at radius 2 is 2.18 bits per heavy atom. The molecule has 1 amide bonds. The van der Waals surface area contributed by atoms with Gasteiger partial charge in [-0.1, -0.05) is 28.6 Å². The molecule has 3 aromatic heterocycles. The monoisotopic (exact) mass is 395 g/mol. The first-order chi connectivity index (χ1) is 13.7. The molecule has 0 radical (unpaired) electrons. The Hall–Kier alpha value is -3.53. The summed E-state index contributed by atoms with van der Waals surface area (Å²) in [6.45, 7) is 2.04. The van der Waals surface area contributed by atoms with Gasteiger partial charge in [0.1, 0.15) is 12.2 Å². The van der Waals surface area contributed by atoms with E-state index in [1.807, 2.05) is 48.7 Å². The number of oxime groups is 1. The molecule has 3 heterocycles. The van der Waals surface area contributed by atoms with Crippen LogP contribution >= 0.6 is 11.3 Å². The van der Waals surface area contributed by atoms with E-state index in [2.05, 4.69) is 25.9 Å². The molecular formula is C18H17N7O2S. The number of benzene rings is 1. The van der Waals surface area contributed by atoms with Crippen LogP contribution in [0.4, 0.5) is 5.69 Å². The molecule has 1 N–H and O–H groups in total. The van der Waals surface area contributed by atoms with Crippen molar-refractivity contribution in [2.45, 2.75) is 13.6 Å². The number of rotatable bonds is 7. The van der Waals surface area contributed by atoms with Gasteiger partial charge in [-0.15, -0.1) is 16.4 Å². The highest BCUT2D eigenvalue weighted by Gasteiger charge is 2.08. The predicted octanol–water partition coefficient (Wildman–Crippen LogP) is 2.57. The molecule has 1 aromatic carbocycles. The molecule has 0 unspecified atom stereocenters. The van der Waals surface area contributed by atoms with Gasteiger partial charge in [-0.2, -0.15) is 5.10 Å². The molecule has 0 saturated heterocycles. The number of nitrogens with one attached hydrogen (secondary N) is 1. The molecule has 0 spiro atoms. The fraction of sp³-hybridized carbons (Fsp3) is 0.167. The second-order valence-electron chi connectivity index (χ2n) is 5.96. The summed E-state index contributed by atoms with van der Waals surface area (Å²) in [7, 11) is 0. The number of fused-ring (bicyclic) bond motifs is 1. The molecule has 0 aliphatic heterocycles. The molecule has 9 nitrogen and oxygen atoms in total. The Balaban J connectivity index is 1.32. The van der Waals surface area contributed by atoms with E-state index in [9.17, 15) is 4.79 Å². The van der Waals surface area contributed by atoms with Crippen LogP contribution in [0.1, 0.15) is 11.8 Å². The SMILES string of the molecule is C/C(=N/OCC(=O)Nc1cnn(Cn2nnc3ccccc32)c1)c1cccs1. The van der Waals surface area contributed by atoms with E-state index in [1.54, 1.807) is 33.1 Å². The maximum atomic E-state index is 12.0. The Kier molecular flexibility index (Phi) is 5.11. The van der Waals surface area contributed by atoms with Crippen molar-refractivity contribution in [1.82, 2.24) is 24.8 Å². The summed E-state index contributed by atoms with van der Waals surface area (Å²) in [6.07, 6.45) is 3.28. The maximum absolute atomic E-state index is 12.0. The number of amides is 1. The molecule has 0 atom stereocenters. The fourth-order valence-electron chi connectivity index (χ4n) is 2.58. The number of para-hydroxylation sites is 1. The predicted molar refractivity (Wildman–Crippen MR) is 106 cm³/mol. The van der Waals surface area contributed by atoms with Gasteiger partial charge in [-0.3, -0.25) is 4.79 Å². The molecule has 28 heavy (non-hydrogen) atoms. The number of carbonyl (C=O) groups excluding carboxylic acids is 1. The summed E-state index contributed by atoms with van der Waals surface area (Å²) in [6, 6.07) is 11.6. The fourth-order valence-corrected chi connectivity index (χ4v) is 3.25. The lowest BCUT2D eigenvalue weighted by Crippen LogP contribution is -2.17. The highest BCUT2D eigenvalue weighted by atomic mass is 32.1. The third-order valence-corrected chi connectivity index (χ3v) is 4.87. The smallest absolute Gasteiger partial charge is 0.265 e. The zero-order valence-corrected chi connectivity index (χ0v) is 15.8. The van der Waals surface area contributed by atoms with E-state index in [4.69, 9.17) is 4.84 Å². The van der Waals surface area contributed by atoms with Gasteiger partial charge in [0.2, 0.25) is 0 Å². The largest absolute Gasteiger partial charge is 0.385 e. The molecule has 142 valence electrons. The molecule has 0 bridgehead atoms. The van der Waals surface area contributed by atoms with Crippen LogP contribution in [0.2, 0.25) is 0 Å². The average Bonchev–Trinajstić information content (AvgIpc) is 3.44. The van der Waals surface area contributed by atoms with Gasteiger partial charge in [0, 0.05) is 0 Å². The van der Waals surface area contributed by atoms with Crippen molar-refractivity contribution in [2.24, 2.45) is 5.16 Å². The van der Waals surface area contributed by atoms with Crippen molar-refractivity contribution in [3.05, 3.63) is 59.0 Å². The van der Waals surface area contributed by atoms with E-state index in [0.717, 1.165) is 21.6 Å². The van der Waals surface area contributed by atoms with Crippen LogP contribution in [0.25, 0.3) is 11.0 Å². The molecule has 4 aromatic rings. The summed E-state index contributed by atoms with van der Waals surface area (Å²) in [5.74, 6) is -0.312. The lowest BCUT2D eigenvalue weighted by Gasteiger charge is -2.03. The number of carbonyl (C=O) groups is 1. The van der Waals surface area contributed by atoms with Gasteiger partial charge in [0.25, 0.3) is 5.91 Å². The van der Waals surface area contributed by atoms with Crippen molar-refractivity contribution in [3.63, 3.8) is 0 Å². The van der Waals surface area contributed by atoms with Crippen LogP contribution in [-0.4, -0.2) is 43.0 Å². The van der Waals surface area contributed by atoms with Gasteiger partial charge in [0.05, 0.1) is 34.2 Å². The van der Waals surface area contributed by atoms with Crippen molar-refractivity contribution in [1.29, 1.82) is 0 Å². The minimum absolute atomic E-state index is 0.179. The minimum atomic E-state index is -0.312. The zero-order chi connectivity index (χ0) is 19.3. The molecule has 10 heteroatoms. The van der Waals surface area contributed by atoms with Crippen molar-refractivity contribution in [2.75, 3.05) is 11.9 Å². The summed E-state index contributed by atoms with van der Waals surface area (Å²) >= 11 is 1.56. The number of nitrogens with zero attached hydrogens (tertiary/aromatic N) is 6. The molecule has 0 saturated carbocycles. The van der Waals surface area contributed by atoms with Crippen LogP contribution in [0, 0.1) is 0 Å². The second-order valence-corrected chi connectivity index (χ2v) is 6.91. The van der Waals surface area contributed by atoms with E-state index in [-0.39, 0.29) is 12.5 Å². The van der Waals surface area contributed by atoms with E-state index in [1.165, 1.54) is 0 Å². The van der Waals surface area contributed by atoms with Crippen LogP contribution in [0.5, 0.6) is 0 Å². The van der Waals surface area contributed by atoms with Gasteiger partial charge in [0.15, 0.2) is 6.61 Å². The topological polar surface area (TPSA) is 99.2 Å². The van der Waals surface area contributed by atoms with Crippen LogP contribution in [-0.2, 0) is 16.3 Å². The number of anilines is 1. The van der Waals surface area contributed by atoms with Crippen molar-refractivity contribution in [3.8, 4) is 0 Å². The summed E-state index contributed by atoms with van der Waals surface area (Å²) in [4.78, 5) is 18.1. The molecular weight excluding hydrogens is 378 g/mol. The number of aromatic nitrogens is 5. The highest BCUT2D eigenvalue weighted by Crippen LogP contribution is 2.12. The van der Waals surface area contributed by atoms with E-state index >= 15 is 0 Å². The average molecular weight is 395 g/mol. The lowest BCUT2D eigenvalue weighted by molar-refractivity contribution is -0.120. The van der Waals surface area contributed by atoms with Gasteiger partial charge < -0.3 is 10.2 Å². The van der Waals surface area contributed by atoms with E-state index < -0.39 is 0 Å². The summed E-state index contributed by atoms with van der Waals surface area (Å²) < 4.78 is 3.40. The van der Waals surface area contributed by atoms with Crippen molar-refractivity contribution >= 4 is 39.7 Å². The number of thiophene rings is 1. The lowest BCUT2D eigenvalue weighted by atomic mass is 10.3. The molecule has 0 aliphatic rings. The second kappa shape index (κ2) is 8.01. The molecule has 4 rings (SSSR count). The third kappa shape index (κ3) is 4.07. The zero-order valence-electron chi connectivity index (χ0n) is 15.0. The summed E-state index contributed by atoms with van der Waals surface area (Å²) in [5.41, 5.74) is 3.03. The normalized spacial score (nSPS) is 11.7. The maximum Gasteiger partial charge on any atom is 0.265 e. The Bertz CT molecular complexity index is 1110. The van der Waals surface area contributed by atoms with E-state index in [0.29, 0.717) is 12.4 Å². The van der Waals surface area contributed by atoms with Gasteiger partial charge >= 0.3 is 0 Å². The first-order valence-corrected chi connectivity index (χ1v) is 9.38. The first kappa shape index (κ1) is 17.9. The van der Waals surface area contributed by atoms with Crippen LogP contribution in [0.3, 0.4) is 0 Å². The minimum Gasteiger partial charge on any atom is -0.385 e. The molecule has 0 aliphatic carbocycles. The van der Waals surface area contributed by atoms with Crippen LogP contribution < -0.4 is 5.32 Å². The Labute approximate surface area is 164 Å². The molecule has 0 fully saturated rings. The standard InChI is InChI=1S/C18H17N7O2S/c1-13(17-7-4-8-28-17)22-27-11-18(26)20-14-9-19-24(10-14)12-25-16-6-3-2-5-15(16)21-23-25/h2-10H,11-12H2,1H3,(H,20,26)/b22-13-. The quantitative estimate of drug-likeness (QED) is 0.383. The van der Waals surface area contributed by atoms with Gasteiger partial charge in [-0.25, -0.2) is 9.36 Å². The number of hydrogen-bond donors (Lipinski definition) is 1. The summed E-state index contributed by atoms with van der Waals surface area (Å²) in [5, 5.41) is 21.1.